The molecule has 1 fully saturated rings. The highest BCUT2D eigenvalue weighted by Crippen LogP contribution is 2.45. The van der Waals surface area contributed by atoms with Crippen LogP contribution in [0.1, 0.15) is 48.0 Å². The molecule has 5 nitrogen and oxygen atoms in total. The Morgan fingerprint density at radius 1 is 1.17 bits per heavy atom. The molecule has 2 rings (SSSR count). The first kappa shape index (κ1) is 17.1. The van der Waals surface area contributed by atoms with Gasteiger partial charge in [0.25, 0.3) is 0 Å². The van der Waals surface area contributed by atoms with Crippen LogP contribution >= 0.6 is 0 Å². The quantitative estimate of drug-likeness (QED) is 0.887. The molecule has 0 bridgehead atoms. The smallest absolute Gasteiger partial charge is 0.481 e. The van der Waals surface area contributed by atoms with Crippen LogP contribution in [0.25, 0.3) is 0 Å². The maximum absolute atomic E-state index is 12.7. The van der Waals surface area contributed by atoms with E-state index in [0.717, 1.165) is 12.5 Å². The van der Waals surface area contributed by atoms with Crippen molar-refractivity contribution in [2.24, 2.45) is 5.73 Å². The molecule has 0 aromatic heterocycles. The van der Waals surface area contributed by atoms with Gasteiger partial charge in [-0.25, -0.2) is 0 Å². The monoisotopic (exact) mass is 331 g/mol. The molecule has 1 amide bonds. The number of benzene rings is 1. The topological polar surface area (TPSA) is 89.6 Å². The van der Waals surface area contributed by atoms with Crippen LogP contribution in [-0.2, 0) is 10.2 Å². The van der Waals surface area contributed by atoms with Gasteiger partial charge in [0.15, 0.2) is 0 Å². The SMILES string of the molecule is NC(=O)c1ccc(C2(C(=O)O)CCCCC2)c(OC(F)(F)F)c1. The number of carboxylic acid groups (broad SMARTS) is 1. The van der Waals surface area contributed by atoms with Gasteiger partial charge in [-0.05, 0) is 25.0 Å². The number of halogens is 3. The van der Waals surface area contributed by atoms with Crippen molar-refractivity contribution in [1.82, 2.24) is 0 Å². The minimum Gasteiger partial charge on any atom is -0.481 e. The number of carboxylic acids is 1. The Hall–Kier alpha value is -2.25. The van der Waals surface area contributed by atoms with E-state index in [1.807, 2.05) is 0 Å². The van der Waals surface area contributed by atoms with Crippen LogP contribution in [0.2, 0.25) is 0 Å². The summed E-state index contributed by atoms with van der Waals surface area (Å²) in [7, 11) is 0. The Bertz CT molecular complexity index is 622. The van der Waals surface area contributed by atoms with Gasteiger partial charge in [0, 0.05) is 11.1 Å². The third kappa shape index (κ3) is 3.57. The predicted molar refractivity (Wildman–Crippen MR) is 74.0 cm³/mol. The number of hydrogen-bond acceptors (Lipinski definition) is 3. The van der Waals surface area contributed by atoms with E-state index >= 15 is 0 Å². The van der Waals surface area contributed by atoms with E-state index in [-0.39, 0.29) is 24.0 Å². The summed E-state index contributed by atoms with van der Waals surface area (Å²) in [6.45, 7) is 0. The first-order valence-corrected chi connectivity index (χ1v) is 7.09. The molecule has 23 heavy (non-hydrogen) atoms. The van der Waals surface area contributed by atoms with E-state index in [4.69, 9.17) is 5.73 Å². The van der Waals surface area contributed by atoms with Gasteiger partial charge in [0.05, 0.1) is 5.41 Å². The number of carbonyl (C=O) groups is 2. The number of hydrogen-bond donors (Lipinski definition) is 2. The van der Waals surface area contributed by atoms with Crippen LogP contribution < -0.4 is 10.5 Å². The summed E-state index contributed by atoms with van der Waals surface area (Å²) in [5.74, 6) is -2.80. The molecule has 0 atom stereocenters. The minimum absolute atomic E-state index is 0.0768. The van der Waals surface area contributed by atoms with E-state index in [1.54, 1.807) is 0 Å². The first-order chi connectivity index (χ1) is 10.7. The summed E-state index contributed by atoms with van der Waals surface area (Å²) < 4.78 is 42.0. The Balaban J connectivity index is 2.59. The van der Waals surface area contributed by atoms with Crippen molar-refractivity contribution in [2.45, 2.75) is 43.9 Å². The average Bonchev–Trinajstić information content (AvgIpc) is 2.46. The van der Waals surface area contributed by atoms with Crippen molar-refractivity contribution in [3.8, 4) is 5.75 Å². The lowest BCUT2D eigenvalue weighted by atomic mass is 9.69. The van der Waals surface area contributed by atoms with E-state index in [2.05, 4.69) is 4.74 Å². The van der Waals surface area contributed by atoms with Crippen molar-refractivity contribution in [1.29, 1.82) is 0 Å². The fourth-order valence-corrected chi connectivity index (χ4v) is 3.03. The summed E-state index contributed by atoms with van der Waals surface area (Å²) in [5, 5.41) is 9.62. The zero-order chi connectivity index (χ0) is 17.3. The van der Waals surface area contributed by atoms with E-state index in [9.17, 15) is 27.9 Å². The zero-order valence-corrected chi connectivity index (χ0v) is 12.2. The molecule has 0 spiro atoms. The van der Waals surface area contributed by atoms with Gasteiger partial charge in [-0.1, -0.05) is 25.3 Å². The molecule has 0 saturated heterocycles. The standard InChI is InChI=1S/C15H16F3NO4/c16-15(17,18)23-11-8-9(12(19)20)4-5-10(11)14(13(21)22)6-2-1-3-7-14/h4-5,8H,1-3,6-7H2,(H2,19,20)(H,21,22). The predicted octanol–water partition coefficient (Wildman–Crippen LogP) is 2.97. The normalized spacial score (nSPS) is 17.5. The van der Waals surface area contributed by atoms with Gasteiger partial charge < -0.3 is 15.6 Å². The number of aliphatic carboxylic acids is 1. The fourth-order valence-electron chi connectivity index (χ4n) is 3.03. The molecule has 0 aliphatic heterocycles. The Morgan fingerprint density at radius 3 is 2.26 bits per heavy atom. The highest BCUT2D eigenvalue weighted by molar-refractivity contribution is 5.94. The summed E-state index contributed by atoms with van der Waals surface area (Å²) in [6, 6.07) is 3.27. The minimum atomic E-state index is -5.00. The Kier molecular flexibility index (Phi) is 4.53. The molecule has 1 saturated carbocycles. The highest BCUT2D eigenvalue weighted by Gasteiger charge is 2.45. The number of ether oxygens (including phenoxy) is 1. The number of amides is 1. The molecule has 126 valence electrons. The number of carbonyl (C=O) groups excluding carboxylic acids is 1. The van der Waals surface area contributed by atoms with E-state index in [0.29, 0.717) is 12.8 Å². The molecular formula is C15H16F3NO4. The zero-order valence-electron chi connectivity index (χ0n) is 12.2. The van der Waals surface area contributed by atoms with Gasteiger partial charge in [0.1, 0.15) is 5.75 Å². The molecule has 1 aromatic rings. The van der Waals surface area contributed by atoms with Gasteiger partial charge >= 0.3 is 12.3 Å². The third-order valence-corrected chi connectivity index (χ3v) is 4.12. The molecule has 0 radical (unpaired) electrons. The second kappa shape index (κ2) is 6.10. The lowest BCUT2D eigenvalue weighted by Gasteiger charge is -2.34. The Labute approximate surface area is 130 Å². The molecule has 8 heteroatoms. The van der Waals surface area contributed by atoms with Gasteiger partial charge in [-0.15, -0.1) is 13.2 Å². The van der Waals surface area contributed by atoms with Crippen LogP contribution in [-0.4, -0.2) is 23.3 Å². The molecule has 1 aliphatic carbocycles. The summed E-state index contributed by atoms with van der Waals surface area (Å²) >= 11 is 0. The van der Waals surface area contributed by atoms with Crippen LogP contribution in [0, 0.1) is 0 Å². The first-order valence-electron chi connectivity index (χ1n) is 7.09. The molecule has 0 unspecified atom stereocenters. The van der Waals surface area contributed by atoms with Crippen molar-refractivity contribution in [3.05, 3.63) is 29.3 Å². The molecule has 3 N–H and O–H groups in total. The number of nitrogens with two attached hydrogens (primary N) is 1. The van der Waals surface area contributed by atoms with Crippen LogP contribution in [0.3, 0.4) is 0 Å². The Morgan fingerprint density at radius 2 is 1.78 bits per heavy atom. The second-order valence-corrected chi connectivity index (χ2v) is 5.57. The van der Waals surface area contributed by atoms with Crippen molar-refractivity contribution < 1.29 is 32.6 Å². The van der Waals surface area contributed by atoms with Gasteiger partial charge in [-0.3, -0.25) is 9.59 Å². The average molecular weight is 331 g/mol. The van der Waals surface area contributed by atoms with Gasteiger partial charge in [-0.2, -0.15) is 0 Å². The number of rotatable bonds is 4. The van der Waals surface area contributed by atoms with Crippen LogP contribution in [0.5, 0.6) is 5.75 Å². The molecule has 1 aromatic carbocycles. The maximum atomic E-state index is 12.7. The van der Waals surface area contributed by atoms with Crippen molar-refractivity contribution in [2.75, 3.05) is 0 Å². The third-order valence-electron chi connectivity index (χ3n) is 4.12. The molecular weight excluding hydrogens is 315 g/mol. The van der Waals surface area contributed by atoms with Crippen molar-refractivity contribution in [3.63, 3.8) is 0 Å². The van der Waals surface area contributed by atoms with Gasteiger partial charge in [0.2, 0.25) is 5.91 Å². The fraction of sp³-hybridized carbons (Fsp3) is 0.467. The molecule has 1 aliphatic rings. The summed E-state index contributed by atoms with van der Waals surface area (Å²) in [6.07, 6.45) is -2.56. The van der Waals surface area contributed by atoms with Crippen LogP contribution in [0.15, 0.2) is 18.2 Å². The van der Waals surface area contributed by atoms with E-state index in [1.165, 1.54) is 12.1 Å². The van der Waals surface area contributed by atoms with Crippen molar-refractivity contribution >= 4 is 11.9 Å². The summed E-state index contributed by atoms with van der Waals surface area (Å²) in [4.78, 5) is 23.0. The maximum Gasteiger partial charge on any atom is 0.573 e. The lowest BCUT2D eigenvalue weighted by Crippen LogP contribution is -2.38. The number of alkyl halides is 3. The summed E-state index contributed by atoms with van der Waals surface area (Å²) in [5.41, 5.74) is 3.37. The van der Waals surface area contributed by atoms with E-state index < -0.39 is 29.4 Å². The molecule has 0 heterocycles. The number of primary amides is 1. The lowest BCUT2D eigenvalue weighted by molar-refractivity contribution is -0.275. The second-order valence-electron chi connectivity index (χ2n) is 5.57. The highest BCUT2D eigenvalue weighted by atomic mass is 19.4. The largest absolute Gasteiger partial charge is 0.573 e. The van der Waals surface area contributed by atoms with Crippen LogP contribution in [0.4, 0.5) is 13.2 Å².